The molecule has 4 nitrogen and oxygen atoms in total. The first-order chi connectivity index (χ1) is 9.93. The van der Waals surface area contributed by atoms with Gasteiger partial charge in [-0.1, -0.05) is 24.3 Å². The van der Waals surface area contributed by atoms with Crippen LogP contribution in [0.3, 0.4) is 0 Å². The minimum Gasteiger partial charge on any atom is -0.312 e. The lowest BCUT2D eigenvalue weighted by molar-refractivity contribution is 0.490. The van der Waals surface area contributed by atoms with Crippen LogP contribution in [-0.2, 0) is 19.5 Å². The van der Waals surface area contributed by atoms with Crippen LogP contribution in [0, 0.1) is 5.92 Å². The van der Waals surface area contributed by atoms with Crippen LogP contribution in [0.4, 0.5) is 0 Å². The van der Waals surface area contributed by atoms with Crippen LogP contribution in [0.25, 0.3) is 0 Å². The van der Waals surface area contributed by atoms with Crippen molar-refractivity contribution in [2.24, 2.45) is 5.92 Å². The van der Waals surface area contributed by atoms with E-state index in [2.05, 4.69) is 44.3 Å². The number of nitrogens with zero attached hydrogens (tertiary/aromatic N) is 3. The van der Waals surface area contributed by atoms with Crippen LogP contribution in [0.5, 0.6) is 0 Å². The van der Waals surface area contributed by atoms with Crippen molar-refractivity contribution in [2.45, 2.75) is 37.8 Å². The number of hydrogen-bond acceptors (Lipinski definition) is 3. The lowest BCUT2D eigenvalue weighted by Gasteiger charge is -2.16. The maximum atomic E-state index is 4.53. The van der Waals surface area contributed by atoms with Gasteiger partial charge >= 0.3 is 0 Å². The van der Waals surface area contributed by atoms with E-state index in [0.29, 0.717) is 11.8 Å². The van der Waals surface area contributed by atoms with Crippen LogP contribution in [0.15, 0.2) is 24.3 Å². The highest BCUT2D eigenvalue weighted by molar-refractivity contribution is 5.43. The summed E-state index contributed by atoms with van der Waals surface area (Å²) in [6.07, 6.45) is 2.54. The highest BCUT2D eigenvalue weighted by Gasteiger charge is 2.56. The molecule has 0 amide bonds. The van der Waals surface area contributed by atoms with E-state index in [9.17, 15) is 0 Å². The fourth-order valence-corrected chi connectivity index (χ4v) is 4.28. The summed E-state index contributed by atoms with van der Waals surface area (Å²) in [6.45, 7) is 2.93. The number of benzene rings is 1. The molecule has 2 heterocycles. The molecule has 3 unspecified atom stereocenters. The molecule has 1 N–H and O–H groups in total. The number of aromatic nitrogens is 3. The molecular formula is C16H18N4. The van der Waals surface area contributed by atoms with Crippen LogP contribution in [0.1, 0.15) is 41.0 Å². The zero-order valence-electron chi connectivity index (χ0n) is 11.4. The van der Waals surface area contributed by atoms with Crippen molar-refractivity contribution in [1.29, 1.82) is 0 Å². The van der Waals surface area contributed by atoms with E-state index in [0.717, 1.165) is 31.4 Å². The van der Waals surface area contributed by atoms with Gasteiger partial charge in [0.05, 0.1) is 6.54 Å². The smallest absolute Gasteiger partial charge is 0.147 e. The summed E-state index contributed by atoms with van der Waals surface area (Å²) in [5, 5.41) is 12.3. The van der Waals surface area contributed by atoms with Gasteiger partial charge < -0.3 is 9.88 Å². The highest BCUT2D eigenvalue weighted by atomic mass is 15.3. The molecular weight excluding hydrogens is 248 g/mol. The Morgan fingerprint density at radius 3 is 3.10 bits per heavy atom. The molecule has 1 aliphatic heterocycles. The van der Waals surface area contributed by atoms with E-state index < -0.39 is 0 Å². The van der Waals surface area contributed by atoms with Crippen molar-refractivity contribution in [3.63, 3.8) is 0 Å². The normalized spacial score (nSPS) is 30.3. The first-order valence-electron chi connectivity index (χ1n) is 7.64. The van der Waals surface area contributed by atoms with E-state index >= 15 is 0 Å². The summed E-state index contributed by atoms with van der Waals surface area (Å²) in [4.78, 5) is 0. The maximum absolute atomic E-state index is 4.53. The molecule has 2 aliphatic carbocycles. The molecule has 5 rings (SSSR count). The Morgan fingerprint density at radius 1 is 1.15 bits per heavy atom. The number of nitrogens with one attached hydrogen (secondary N) is 1. The van der Waals surface area contributed by atoms with E-state index in [1.807, 2.05) is 0 Å². The first kappa shape index (κ1) is 11.0. The molecule has 1 aromatic carbocycles. The molecule has 2 aromatic rings. The lowest BCUT2D eigenvalue weighted by atomic mass is 9.92. The fourth-order valence-electron chi connectivity index (χ4n) is 4.28. The number of aryl methyl sites for hydroxylation is 1. The lowest BCUT2D eigenvalue weighted by Crippen LogP contribution is -2.29. The minimum atomic E-state index is 0.609. The molecule has 3 aliphatic rings. The zero-order valence-corrected chi connectivity index (χ0v) is 11.4. The van der Waals surface area contributed by atoms with Crippen molar-refractivity contribution < 1.29 is 0 Å². The highest BCUT2D eigenvalue weighted by Crippen LogP contribution is 2.64. The SMILES string of the molecule is c1ccc2c(c1)CCC1C2C1c1nnc2n1CCNC2. The number of rotatable bonds is 1. The van der Waals surface area contributed by atoms with Crippen molar-refractivity contribution in [3.8, 4) is 0 Å². The summed E-state index contributed by atoms with van der Waals surface area (Å²) in [6, 6.07) is 8.96. The molecule has 0 radical (unpaired) electrons. The first-order valence-corrected chi connectivity index (χ1v) is 7.64. The minimum absolute atomic E-state index is 0.609. The van der Waals surface area contributed by atoms with Crippen molar-refractivity contribution in [3.05, 3.63) is 47.0 Å². The fraction of sp³-hybridized carbons (Fsp3) is 0.500. The predicted octanol–water partition coefficient (Wildman–Crippen LogP) is 1.82. The second kappa shape index (κ2) is 3.92. The van der Waals surface area contributed by atoms with Gasteiger partial charge in [0.2, 0.25) is 0 Å². The number of hydrogen-bond donors (Lipinski definition) is 1. The Hall–Kier alpha value is -1.68. The van der Waals surface area contributed by atoms with Crippen LogP contribution < -0.4 is 5.32 Å². The number of fused-ring (bicyclic) bond motifs is 4. The molecule has 1 fully saturated rings. The monoisotopic (exact) mass is 266 g/mol. The van der Waals surface area contributed by atoms with E-state index in [-0.39, 0.29) is 0 Å². The predicted molar refractivity (Wildman–Crippen MR) is 75.5 cm³/mol. The van der Waals surface area contributed by atoms with Gasteiger partial charge in [-0.2, -0.15) is 0 Å². The van der Waals surface area contributed by atoms with E-state index in [1.54, 1.807) is 11.1 Å². The maximum Gasteiger partial charge on any atom is 0.147 e. The van der Waals surface area contributed by atoms with Crippen molar-refractivity contribution in [1.82, 2.24) is 20.1 Å². The van der Waals surface area contributed by atoms with Crippen molar-refractivity contribution in [2.75, 3.05) is 6.54 Å². The molecule has 4 heteroatoms. The van der Waals surface area contributed by atoms with Crippen LogP contribution >= 0.6 is 0 Å². The largest absolute Gasteiger partial charge is 0.312 e. The van der Waals surface area contributed by atoms with Gasteiger partial charge in [0.1, 0.15) is 11.6 Å². The van der Waals surface area contributed by atoms with Gasteiger partial charge in [0.25, 0.3) is 0 Å². The molecule has 1 saturated carbocycles. The summed E-state index contributed by atoms with van der Waals surface area (Å²) >= 11 is 0. The quantitative estimate of drug-likeness (QED) is 0.856. The average molecular weight is 266 g/mol. The molecule has 20 heavy (non-hydrogen) atoms. The van der Waals surface area contributed by atoms with Crippen LogP contribution in [0.2, 0.25) is 0 Å². The van der Waals surface area contributed by atoms with Gasteiger partial charge in [-0.25, -0.2) is 0 Å². The molecule has 1 aromatic heterocycles. The molecule has 102 valence electrons. The standard InChI is InChI=1S/C16H18N4/c1-2-4-11-10(3-1)5-6-12-14(11)15(12)16-19-18-13-9-17-7-8-20(13)16/h1-4,12,14-15,17H,5-9H2. The summed E-state index contributed by atoms with van der Waals surface area (Å²) in [5.74, 6) is 4.46. The molecule has 3 atom stereocenters. The van der Waals surface area contributed by atoms with E-state index in [1.165, 1.54) is 18.7 Å². The molecule has 0 bridgehead atoms. The Kier molecular flexibility index (Phi) is 2.16. The topological polar surface area (TPSA) is 42.7 Å². The second-order valence-corrected chi connectivity index (χ2v) is 6.26. The van der Waals surface area contributed by atoms with Crippen LogP contribution in [-0.4, -0.2) is 21.3 Å². The third-order valence-corrected chi connectivity index (χ3v) is 5.28. The Balaban J connectivity index is 1.55. The summed E-state index contributed by atoms with van der Waals surface area (Å²) < 4.78 is 2.36. The molecule has 0 saturated heterocycles. The summed E-state index contributed by atoms with van der Waals surface area (Å²) in [5.41, 5.74) is 3.12. The van der Waals surface area contributed by atoms with Crippen molar-refractivity contribution >= 4 is 0 Å². The van der Waals surface area contributed by atoms with Gasteiger partial charge in [-0.05, 0) is 35.8 Å². The van der Waals surface area contributed by atoms with Gasteiger partial charge in [0.15, 0.2) is 0 Å². The third-order valence-electron chi connectivity index (χ3n) is 5.28. The average Bonchev–Trinajstić information content (AvgIpc) is 3.10. The molecule has 0 spiro atoms. The Bertz CT molecular complexity index is 675. The van der Waals surface area contributed by atoms with E-state index in [4.69, 9.17) is 0 Å². The second-order valence-electron chi connectivity index (χ2n) is 6.26. The van der Waals surface area contributed by atoms with Gasteiger partial charge in [0, 0.05) is 19.0 Å². The summed E-state index contributed by atoms with van der Waals surface area (Å²) in [7, 11) is 0. The zero-order chi connectivity index (χ0) is 13.1. The third kappa shape index (κ3) is 1.40. The Labute approximate surface area is 118 Å². The Morgan fingerprint density at radius 2 is 2.10 bits per heavy atom. The van der Waals surface area contributed by atoms with Gasteiger partial charge in [-0.3, -0.25) is 0 Å². The van der Waals surface area contributed by atoms with Gasteiger partial charge in [-0.15, -0.1) is 10.2 Å².